The maximum atomic E-state index is 12.6. The van der Waals surface area contributed by atoms with Gasteiger partial charge in [0.15, 0.2) is 0 Å². The molecule has 0 radical (unpaired) electrons. The van der Waals surface area contributed by atoms with Crippen LogP contribution in [0.3, 0.4) is 0 Å². The molecule has 1 saturated heterocycles. The fraction of sp³-hybridized carbons (Fsp3) is 0.652. The SMILES string of the molecule is CC(NC(=O)c1ccnc(CNC(=O)C(CCCCN)C(C)C)c1)C(=O)N1CCCC1. The molecule has 0 aromatic carbocycles. The summed E-state index contributed by atoms with van der Waals surface area (Å²) in [7, 11) is 0. The van der Waals surface area contributed by atoms with Gasteiger partial charge in [0.2, 0.25) is 11.8 Å². The number of carbonyl (C=O) groups is 3. The van der Waals surface area contributed by atoms with Gasteiger partial charge in [-0.25, -0.2) is 0 Å². The molecule has 31 heavy (non-hydrogen) atoms. The van der Waals surface area contributed by atoms with Crippen molar-refractivity contribution in [1.82, 2.24) is 20.5 Å². The van der Waals surface area contributed by atoms with Crippen LogP contribution in [-0.4, -0.2) is 53.3 Å². The molecule has 0 saturated carbocycles. The first-order chi connectivity index (χ1) is 14.8. The molecule has 2 rings (SSSR count). The summed E-state index contributed by atoms with van der Waals surface area (Å²) in [4.78, 5) is 43.7. The highest BCUT2D eigenvalue weighted by Gasteiger charge is 2.25. The molecule has 2 atom stereocenters. The van der Waals surface area contributed by atoms with Gasteiger partial charge >= 0.3 is 0 Å². The van der Waals surface area contributed by atoms with E-state index in [2.05, 4.69) is 15.6 Å². The maximum Gasteiger partial charge on any atom is 0.252 e. The molecule has 8 nitrogen and oxygen atoms in total. The summed E-state index contributed by atoms with van der Waals surface area (Å²) >= 11 is 0. The van der Waals surface area contributed by atoms with E-state index < -0.39 is 6.04 Å². The Balaban J connectivity index is 1.90. The molecule has 1 aromatic rings. The molecule has 0 spiro atoms. The quantitative estimate of drug-likeness (QED) is 0.462. The smallest absolute Gasteiger partial charge is 0.252 e. The lowest BCUT2D eigenvalue weighted by atomic mass is 9.89. The first kappa shape index (κ1) is 24.8. The van der Waals surface area contributed by atoms with Gasteiger partial charge in [0.05, 0.1) is 12.2 Å². The standard InChI is InChI=1S/C23H37N5O3/c1-16(2)20(8-4-5-10-24)22(30)26-15-19-14-18(9-11-25-19)21(29)27-17(3)23(31)28-12-6-7-13-28/h9,11,14,16-17,20H,4-8,10,12-13,15,24H2,1-3H3,(H,26,30)(H,27,29). The van der Waals surface area contributed by atoms with Crippen molar-refractivity contribution in [3.8, 4) is 0 Å². The van der Waals surface area contributed by atoms with E-state index >= 15 is 0 Å². The Hall–Kier alpha value is -2.48. The monoisotopic (exact) mass is 431 g/mol. The van der Waals surface area contributed by atoms with Crippen LogP contribution in [0.25, 0.3) is 0 Å². The lowest BCUT2D eigenvalue weighted by molar-refractivity contribution is -0.131. The molecule has 0 aliphatic carbocycles. The summed E-state index contributed by atoms with van der Waals surface area (Å²) in [5.41, 5.74) is 6.58. The first-order valence-corrected chi connectivity index (χ1v) is 11.4. The molecule has 1 aliphatic rings. The number of unbranched alkanes of at least 4 members (excludes halogenated alkanes) is 1. The van der Waals surface area contributed by atoms with Gasteiger partial charge in [-0.15, -0.1) is 0 Å². The van der Waals surface area contributed by atoms with E-state index in [1.54, 1.807) is 30.2 Å². The number of amides is 3. The van der Waals surface area contributed by atoms with Crippen molar-refractivity contribution in [2.24, 2.45) is 17.6 Å². The van der Waals surface area contributed by atoms with Crippen LogP contribution in [0.15, 0.2) is 18.3 Å². The van der Waals surface area contributed by atoms with Crippen molar-refractivity contribution in [2.75, 3.05) is 19.6 Å². The van der Waals surface area contributed by atoms with E-state index in [0.29, 0.717) is 17.8 Å². The third kappa shape index (κ3) is 7.61. The summed E-state index contributed by atoms with van der Waals surface area (Å²) in [5.74, 6) is -0.222. The van der Waals surface area contributed by atoms with Crippen molar-refractivity contribution in [1.29, 1.82) is 0 Å². The molecule has 1 aliphatic heterocycles. The molecule has 1 fully saturated rings. The second-order valence-electron chi connectivity index (χ2n) is 8.62. The van der Waals surface area contributed by atoms with Gasteiger partial charge in [-0.2, -0.15) is 0 Å². The van der Waals surface area contributed by atoms with Gasteiger partial charge < -0.3 is 21.3 Å². The Morgan fingerprint density at radius 3 is 2.52 bits per heavy atom. The molecular formula is C23H37N5O3. The fourth-order valence-corrected chi connectivity index (χ4v) is 3.85. The predicted molar refractivity (Wildman–Crippen MR) is 120 cm³/mol. The second kappa shape index (κ2) is 12.4. The summed E-state index contributed by atoms with van der Waals surface area (Å²) in [6, 6.07) is 2.68. The number of nitrogens with zero attached hydrogens (tertiary/aromatic N) is 2. The molecule has 2 unspecified atom stereocenters. The van der Waals surface area contributed by atoms with Crippen LogP contribution < -0.4 is 16.4 Å². The van der Waals surface area contributed by atoms with E-state index in [4.69, 9.17) is 5.73 Å². The number of pyridine rings is 1. The average Bonchev–Trinajstić information content (AvgIpc) is 3.29. The van der Waals surface area contributed by atoms with Gasteiger partial charge in [0, 0.05) is 30.8 Å². The summed E-state index contributed by atoms with van der Waals surface area (Å²) in [5, 5.41) is 5.72. The number of carbonyl (C=O) groups excluding carboxylic acids is 3. The zero-order valence-corrected chi connectivity index (χ0v) is 19.0. The average molecular weight is 432 g/mol. The van der Waals surface area contributed by atoms with Crippen LogP contribution >= 0.6 is 0 Å². The molecule has 8 heteroatoms. The molecule has 0 bridgehead atoms. The molecule has 2 heterocycles. The first-order valence-electron chi connectivity index (χ1n) is 11.4. The molecule has 3 amide bonds. The van der Waals surface area contributed by atoms with Gasteiger partial charge in [-0.3, -0.25) is 19.4 Å². The minimum atomic E-state index is -0.581. The molecule has 4 N–H and O–H groups in total. The Morgan fingerprint density at radius 2 is 1.87 bits per heavy atom. The predicted octanol–water partition coefficient (Wildman–Crippen LogP) is 1.84. The topological polar surface area (TPSA) is 117 Å². The number of nitrogens with two attached hydrogens (primary N) is 1. The van der Waals surface area contributed by atoms with Crippen molar-refractivity contribution in [2.45, 2.75) is 65.5 Å². The summed E-state index contributed by atoms with van der Waals surface area (Å²) in [6.45, 7) is 8.18. The number of rotatable bonds is 11. The van der Waals surface area contributed by atoms with Crippen LogP contribution in [0.1, 0.15) is 68.9 Å². The normalized spacial score (nSPS) is 15.6. The van der Waals surface area contributed by atoms with Crippen molar-refractivity contribution >= 4 is 17.7 Å². The number of aromatic nitrogens is 1. The van der Waals surface area contributed by atoms with Gasteiger partial charge in [-0.05, 0) is 57.2 Å². The van der Waals surface area contributed by atoms with E-state index in [9.17, 15) is 14.4 Å². The van der Waals surface area contributed by atoms with Crippen LogP contribution in [-0.2, 0) is 16.1 Å². The highest BCUT2D eigenvalue weighted by Crippen LogP contribution is 2.18. The van der Waals surface area contributed by atoms with E-state index in [1.807, 2.05) is 13.8 Å². The molecular weight excluding hydrogens is 394 g/mol. The number of hydrogen-bond acceptors (Lipinski definition) is 5. The Kier molecular flexibility index (Phi) is 9.91. The number of likely N-dealkylation sites (tertiary alicyclic amines) is 1. The lowest BCUT2D eigenvalue weighted by Crippen LogP contribution is -2.46. The second-order valence-corrected chi connectivity index (χ2v) is 8.62. The zero-order valence-electron chi connectivity index (χ0n) is 19.0. The fourth-order valence-electron chi connectivity index (χ4n) is 3.85. The minimum Gasteiger partial charge on any atom is -0.350 e. The van der Waals surface area contributed by atoms with Crippen LogP contribution in [0, 0.1) is 11.8 Å². The summed E-state index contributed by atoms with van der Waals surface area (Å²) in [6.07, 6.45) is 6.21. The van der Waals surface area contributed by atoms with Crippen molar-refractivity contribution in [3.05, 3.63) is 29.6 Å². The molecule has 172 valence electrons. The number of nitrogens with one attached hydrogen (secondary N) is 2. The lowest BCUT2D eigenvalue weighted by Gasteiger charge is -2.21. The van der Waals surface area contributed by atoms with Crippen molar-refractivity contribution in [3.63, 3.8) is 0 Å². The van der Waals surface area contributed by atoms with Crippen molar-refractivity contribution < 1.29 is 14.4 Å². The Labute approximate surface area is 185 Å². The van der Waals surface area contributed by atoms with E-state index in [0.717, 1.165) is 45.2 Å². The Bertz CT molecular complexity index is 746. The van der Waals surface area contributed by atoms with Gasteiger partial charge in [-0.1, -0.05) is 20.3 Å². The van der Waals surface area contributed by atoms with E-state index in [1.165, 1.54) is 0 Å². The number of hydrogen-bond donors (Lipinski definition) is 3. The third-order valence-electron chi connectivity index (χ3n) is 5.77. The third-order valence-corrected chi connectivity index (χ3v) is 5.77. The zero-order chi connectivity index (χ0) is 22.8. The largest absolute Gasteiger partial charge is 0.350 e. The Morgan fingerprint density at radius 1 is 1.16 bits per heavy atom. The highest BCUT2D eigenvalue weighted by molar-refractivity contribution is 5.97. The minimum absolute atomic E-state index is 0.00601. The highest BCUT2D eigenvalue weighted by atomic mass is 16.2. The van der Waals surface area contributed by atoms with Gasteiger partial charge in [0.25, 0.3) is 5.91 Å². The maximum absolute atomic E-state index is 12.6. The van der Waals surface area contributed by atoms with Gasteiger partial charge in [0.1, 0.15) is 6.04 Å². The van der Waals surface area contributed by atoms with Crippen LogP contribution in [0.2, 0.25) is 0 Å². The van der Waals surface area contributed by atoms with E-state index in [-0.39, 0.29) is 36.1 Å². The van der Waals surface area contributed by atoms with Crippen LogP contribution in [0.5, 0.6) is 0 Å². The molecule has 1 aromatic heterocycles. The van der Waals surface area contributed by atoms with Crippen LogP contribution in [0.4, 0.5) is 0 Å². The summed E-state index contributed by atoms with van der Waals surface area (Å²) < 4.78 is 0.